The van der Waals surface area contributed by atoms with Gasteiger partial charge in [-0.25, -0.2) is 0 Å². The molecule has 1 N–H and O–H groups in total. The zero-order chi connectivity index (χ0) is 13.7. The normalized spacial score (nSPS) is 20.8. The van der Waals surface area contributed by atoms with Crippen LogP contribution in [0.3, 0.4) is 0 Å². The van der Waals surface area contributed by atoms with Crippen LogP contribution in [0.1, 0.15) is 33.6 Å². The summed E-state index contributed by atoms with van der Waals surface area (Å²) in [6.45, 7) is 7.97. The lowest BCUT2D eigenvalue weighted by Crippen LogP contribution is -2.57. The van der Waals surface area contributed by atoms with Gasteiger partial charge in [-0.05, 0) is 47.2 Å². The Balaban J connectivity index is 2.29. The van der Waals surface area contributed by atoms with Crippen molar-refractivity contribution in [3.05, 3.63) is 0 Å². The summed E-state index contributed by atoms with van der Waals surface area (Å²) in [4.78, 5) is 27.1. The summed E-state index contributed by atoms with van der Waals surface area (Å²) in [7, 11) is 2.10. The van der Waals surface area contributed by atoms with E-state index in [0.717, 1.165) is 19.4 Å². The summed E-state index contributed by atoms with van der Waals surface area (Å²) < 4.78 is 0. The van der Waals surface area contributed by atoms with Crippen molar-refractivity contribution in [2.45, 2.75) is 45.7 Å². The van der Waals surface area contributed by atoms with Crippen molar-refractivity contribution >= 4 is 11.8 Å². The number of hydrogen-bond donors (Lipinski definition) is 1. The standard InChI is InChI=1S/C13H25N3O2/c1-10(2)15(4)7-5-6-8-16-11(3)13(18)14-9-12(16)17/h10-11H,5-9H2,1-4H3,(H,14,18). The highest BCUT2D eigenvalue weighted by Crippen LogP contribution is 2.07. The molecular weight excluding hydrogens is 230 g/mol. The molecule has 0 aromatic heterocycles. The molecule has 1 heterocycles. The topological polar surface area (TPSA) is 52.6 Å². The van der Waals surface area contributed by atoms with Crippen molar-refractivity contribution in [2.24, 2.45) is 0 Å². The molecule has 1 rings (SSSR count). The zero-order valence-corrected chi connectivity index (χ0v) is 11.9. The van der Waals surface area contributed by atoms with Crippen LogP contribution in [0.5, 0.6) is 0 Å². The second-order valence-corrected chi connectivity index (χ2v) is 5.26. The van der Waals surface area contributed by atoms with Crippen molar-refractivity contribution in [1.82, 2.24) is 15.1 Å². The van der Waals surface area contributed by atoms with Gasteiger partial charge in [0.25, 0.3) is 0 Å². The van der Waals surface area contributed by atoms with E-state index in [1.165, 1.54) is 0 Å². The van der Waals surface area contributed by atoms with Crippen LogP contribution in [0, 0.1) is 0 Å². The van der Waals surface area contributed by atoms with E-state index in [9.17, 15) is 9.59 Å². The maximum atomic E-state index is 11.7. The number of hydrogen-bond acceptors (Lipinski definition) is 3. The highest BCUT2D eigenvalue weighted by atomic mass is 16.2. The summed E-state index contributed by atoms with van der Waals surface area (Å²) >= 11 is 0. The molecular formula is C13H25N3O2. The highest BCUT2D eigenvalue weighted by molar-refractivity contribution is 5.94. The Kier molecular flexibility index (Phi) is 5.59. The van der Waals surface area contributed by atoms with E-state index in [1.807, 2.05) is 0 Å². The fourth-order valence-electron chi connectivity index (χ4n) is 1.99. The molecule has 1 unspecified atom stereocenters. The van der Waals surface area contributed by atoms with Gasteiger partial charge in [-0.1, -0.05) is 0 Å². The Labute approximate surface area is 110 Å². The molecule has 0 radical (unpaired) electrons. The summed E-state index contributed by atoms with van der Waals surface area (Å²) in [5.41, 5.74) is 0. The Morgan fingerprint density at radius 3 is 2.67 bits per heavy atom. The van der Waals surface area contributed by atoms with Crippen LogP contribution in [0.25, 0.3) is 0 Å². The molecule has 0 saturated carbocycles. The molecule has 1 aliphatic heterocycles. The first-order valence-corrected chi connectivity index (χ1v) is 6.71. The molecule has 2 amide bonds. The number of carbonyl (C=O) groups excluding carboxylic acids is 2. The molecule has 0 bridgehead atoms. The van der Waals surface area contributed by atoms with E-state index in [0.29, 0.717) is 12.6 Å². The molecule has 5 nitrogen and oxygen atoms in total. The Morgan fingerprint density at radius 2 is 2.06 bits per heavy atom. The molecule has 1 aliphatic rings. The monoisotopic (exact) mass is 255 g/mol. The molecule has 0 aromatic carbocycles. The van der Waals surface area contributed by atoms with Gasteiger partial charge in [0.15, 0.2) is 0 Å². The van der Waals surface area contributed by atoms with Crippen LogP contribution in [0.15, 0.2) is 0 Å². The number of unbranched alkanes of at least 4 members (excludes halogenated alkanes) is 1. The minimum atomic E-state index is -0.325. The molecule has 1 saturated heterocycles. The van der Waals surface area contributed by atoms with E-state index < -0.39 is 0 Å². The van der Waals surface area contributed by atoms with E-state index in [1.54, 1.807) is 11.8 Å². The van der Waals surface area contributed by atoms with E-state index >= 15 is 0 Å². The van der Waals surface area contributed by atoms with E-state index in [2.05, 4.69) is 31.1 Å². The van der Waals surface area contributed by atoms with Gasteiger partial charge in [0.1, 0.15) is 6.04 Å². The van der Waals surface area contributed by atoms with Crippen molar-refractivity contribution in [2.75, 3.05) is 26.7 Å². The molecule has 18 heavy (non-hydrogen) atoms. The molecule has 0 spiro atoms. The summed E-state index contributed by atoms with van der Waals surface area (Å²) in [6, 6.07) is 0.223. The van der Waals surface area contributed by atoms with Gasteiger partial charge in [-0.2, -0.15) is 0 Å². The number of nitrogens with zero attached hydrogens (tertiary/aromatic N) is 2. The lowest BCUT2D eigenvalue weighted by molar-refractivity contribution is -0.144. The van der Waals surface area contributed by atoms with Crippen LogP contribution < -0.4 is 5.32 Å². The number of amides is 2. The average molecular weight is 255 g/mol. The van der Waals surface area contributed by atoms with E-state index in [-0.39, 0.29) is 24.4 Å². The van der Waals surface area contributed by atoms with Gasteiger partial charge in [0.2, 0.25) is 11.8 Å². The minimum absolute atomic E-state index is 0.0271. The third-order valence-corrected chi connectivity index (χ3v) is 3.62. The number of nitrogens with one attached hydrogen (secondary N) is 1. The zero-order valence-electron chi connectivity index (χ0n) is 11.9. The maximum absolute atomic E-state index is 11.7. The van der Waals surface area contributed by atoms with Crippen LogP contribution >= 0.6 is 0 Å². The second-order valence-electron chi connectivity index (χ2n) is 5.26. The highest BCUT2D eigenvalue weighted by Gasteiger charge is 2.30. The van der Waals surface area contributed by atoms with Crippen LogP contribution in [0.2, 0.25) is 0 Å². The van der Waals surface area contributed by atoms with Gasteiger partial charge >= 0.3 is 0 Å². The molecule has 1 atom stereocenters. The third kappa shape index (κ3) is 3.98. The molecule has 5 heteroatoms. The largest absolute Gasteiger partial charge is 0.345 e. The Morgan fingerprint density at radius 1 is 1.39 bits per heavy atom. The quantitative estimate of drug-likeness (QED) is 0.701. The van der Waals surface area contributed by atoms with Crippen LogP contribution in [0.4, 0.5) is 0 Å². The predicted octanol–water partition coefficient (Wildman–Crippen LogP) is 0.454. The minimum Gasteiger partial charge on any atom is -0.345 e. The third-order valence-electron chi connectivity index (χ3n) is 3.62. The SMILES string of the molecule is CC(C)N(C)CCCCN1C(=O)CNC(=O)C1C. The van der Waals surface area contributed by atoms with Gasteiger partial charge in [0.05, 0.1) is 6.54 Å². The first-order chi connectivity index (χ1) is 8.43. The van der Waals surface area contributed by atoms with Crippen LogP contribution in [-0.2, 0) is 9.59 Å². The lowest BCUT2D eigenvalue weighted by Gasteiger charge is -2.33. The lowest BCUT2D eigenvalue weighted by atomic mass is 10.1. The van der Waals surface area contributed by atoms with Crippen molar-refractivity contribution in [1.29, 1.82) is 0 Å². The molecule has 104 valence electrons. The van der Waals surface area contributed by atoms with Crippen molar-refractivity contribution in [3.8, 4) is 0 Å². The maximum Gasteiger partial charge on any atom is 0.242 e. The fourth-order valence-corrected chi connectivity index (χ4v) is 1.99. The van der Waals surface area contributed by atoms with Gasteiger partial charge in [0, 0.05) is 12.6 Å². The van der Waals surface area contributed by atoms with Crippen molar-refractivity contribution in [3.63, 3.8) is 0 Å². The summed E-state index contributed by atoms with van der Waals surface area (Å²) in [5.74, 6) is -0.0202. The second kappa shape index (κ2) is 6.73. The first-order valence-electron chi connectivity index (χ1n) is 6.71. The smallest absolute Gasteiger partial charge is 0.242 e. The number of rotatable bonds is 6. The molecule has 0 aliphatic carbocycles. The van der Waals surface area contributed by atoms with Crippen molar-refractivity contribution < 1.29 is 9.59 Å². The molecule has 0 aromatic rings. The van der Waals surface area contributed by atoms with Gasteiger partial charge in [-0.15, -0.1) is 0 Å². The first kappa shape index (κ1) is 15.0. The summed E-state index contributed by atoms with van der Waals surface area (Å²) in [5, 5.41) is 2.60. The van der Waals surface area contributed by atoms with Gasteiger partial charge < -0.3 is 15.1 Å². The van der Waals surface area contributed by atoms with Crippen LogP contribution in [-0.4, -0.2) is 60.4 Å². The van der Waals surface area contributed by atoms with E-state index in [4.69, 9.17) is 0 Å². The van der Waals surface area contributed by atoms with Gasteiger partial charge in [-0.3, -0.25) is 9.59 Å². The molecule has 1 fully saturated rings. The predicted molar refractivity (Wildman–Crippen MR) is 71.2 cm³/mol. The Hall–Kier alpha value is -1.10. The number of carbonyl (C=O) groups is 2. The Bertz CT molecular complexity index is 305. The number of piperazine rings is 1. The summed E-state index contributed by atoms with van der Waals surface area (Å²) in [6.07, 6.45) is 1.99. The average Bonchev–Trinajstić information content (AvgIpc) is 2.32. The fraction of sp³-hybridized carbons (Fsp3) is 0.846.